The van der Waals surface area contributed by atoms with Crippen LogP contribution in [-0.4, -0.2) is 29.3 Å². The first-order chi connectivity index (χ1) is 13.7. The molecule has 1 heterocycles. The molecule has 0 saturated carbocycles. The second-order valence-corrected chi connectivity index (χ2v) is 6.00. The Balaban J connectivity index is 1.60. The van der Waals surface area contributed by atoms with Gasteiger partial charge in [0.05, 0.1) is 5.52 Å². The van der Waals surface area contributed by atoms with Gasteiger partial charge in [-0.25, -0.2) is 9.78 Å². The van der Waals surface area contributed by atoms with Crippen LogP contribution in [0.25, 0.3) is 10.9 Å². The lowest BCUT2D eigenvalue weighted by atomic mass is 10.2. The smallest absolute Gasteiger partial charge is 0.448 e. The SMILES string of the molecule is CC(OC(=O)c1ccc2ccccc2n1)C(=O)Nc1ccc(OC(F)(F)F)cc1. The average Bonchev–Trinajstić information content (AvgIpc) is 2.67. The van der Waals surface area contributed by atoms with Gasteiger partial charge in [-0.15, -0.1) is 13.2 Å². The molecule has 1 atom stereocenters. The third kappa shape index (κ3) is 5.44. The van der Waals surface area contributed by atoms with Crippen LogP contribution >= 0.6 is 0 Å². The second-order valence-electron chi connectivity index (χ2n) is 6.00. The Labute approximate surface area is 163 Å². The summed E-state index contributed by atoms with van der Waals surface area (Å²) < 4.78 is 45.4. The zero-order valence-electron chi connectivity index (χ0n) is 15.1. The third-order valence-corrected chi connectivity index (χ3v) is 3.82. The number of carbonyl (C=O) groups excluding carboxylic acids is 2. The number of halogens is 3. The van der Waals surface area contributed by atoms with E-state index in [4.69, 9.17) is 4.74 Å². The number of carbonyl (C=O) groups is 2. The highest BCUT2D eigenvalue weighted by Crippen LogP contribution is 2.24. The molecule has 0 fully saturated rings. The van der Waals surface area contributed by atoms with E-state index in [2.05, 4.69) is 15.0 Å². The number of anilines is 1. The monoisotopic (exact) mass is 404 g/mol. The molecule has 1 unspecified atom stereocenters. The standard InChI is InChI=1S/C20H15F3N2O4/c1-12(18(26)24-14-7-9-15(10-8-14)29-20(21,22)23)28-19(27)17-11-6-13-4-2-3-5-16(13)25-17/h2-12H,1H3,(H,24,26). The number of hydrogen-bond acceptors (Lipinski definition) is 5. The number of amides is 1. The Kier molecular flexibility index (Phi) is 5.67. The summed E-state index contributed by atoms with van der Waals surface area (Å²) >= 11 is 0. The molecule has 0 saturated heterocycles. The molecule has 0 aliphatic carbocycles. The zero-order valence-corrected chi connectivity index (χ0v) is 15.1. The summed E-state index contributed by atoms with van der Waals surface area (Å²) in [5.74, 6) is -1.84. The summed E-state index contributed by atoms with van der Waals surface area (Å²) in [6.45, 7) is 1.37. The molecule has 3 rings (SSSR count). The molecular formula is C20H15F3N2O4. The summed E-state index contributed by atoms with van der Waals surface area (Å²) in [5, 5.41) is 3.30. The maximum Gasteiger partial charge on any atom is 0.573 e. The van der Waals surface area contributed by atoms with Gasteiger partial charge in [0.25, 0.3) is 5.91 Å². The summed E-state index contributed by atoms with van der Waals surface area (Å²) in [4.78, 5) is 28.6. The Morgan fingerprint density at radius 1 is 1.00 bits per heavy atom. The molecule has 0 aliphatic rings. The minimum atomic E-state index is -4.80. The molecule has 29 heavy (non-hydrogen) atoms. The number of pyridine rings is 1. The van der Waals surface area contributed by atoms with Crippen molar-refractivity contribution in [3.05, 3.63) is 66.4 Å². The molecular weight excluding hydrogens is 389 g/mol. The lowest BCUT2D eigenvalue weighted by Crippen LogP contribution is -2.30. The van der Waals surface area contributed by atoms with Crippen LogP contribution in [0.1, 0.15) is 17.4 Å². The first kappa shape index (κ1) is 20.1. The van der Waals surface area contributed by atoms with Crippen molar-refractivity contribution in [3.63, 3.8) is 0 Å². The first-order valence-electron chi connectivity index (χ1n) is 8.45. The highest BCUT2D eigenvalue weighted by atomic mass is 19.4. The van der Waals surface area contributed by atoms with Crippen molar-refractivity contribution in [3.8, 4) is 5.75 Å². The number of esters is 1. The van der Waals surface area contributed by atoms with Crippen molar-refractivity contribution < 1.29 is 32.2 Å². The Hall–Kier alpha value is -3.62. The van der Waals surface area contributed by atoms with Gasteiger partial charge in [0.15, 0.2) is 6.10 Å². The van der Waals surface area contributed by atoms with Gasteiger partial charge in [-0.05, 0) is 43.3 Å². The number of hydrogen-bond donors (Lipinski definition) is 1. The van der Waals surface area contributed by atoms with Crippen LogP contribution < -0.4 is 10.1 Å². The van der Waals surface area contributed by atoms with Crippen LogP contribution in [0.15, 0.2) is 60.7 Å². The van der Waals surface area contributed by atoms with Gasteiger partial charge in [0, 0.05) is 11.1 Å². The Bertz CT molecular complexity index is 1040. The zero-order chi connectivity index (χ0) is 21.0. The summed E-state index contributed by atoms with van der Waals surface area (Å²) in [6, 6.07) is 15.0. The predicted octanol–water partition coefficient (Wildman–Crippen LogP) is 4.32. The number of aromatic nitrogens is 1. The van der Waals surface area contributed by atoms with Gasteiger partial charge in [-0.2, -0.15) is 0 Å². The number of para-hydroxylation sites is 1. The summed E-state index contributed by atoms with van der Waals surface area (Å²) in [5.41, 5.74) is 0.883. The van der Waals surface area contributed by atoms with E-state index in [9.17, 15) is 22.8 Å². The Morgan fingerprint density at radius 2 is 1.69 bits per heavy atom. The predicted molar refractivity (Wildman–Crippen MR) is 98.4 cm³/mol. The van der Waals surface area contributed by atoms with Crippen LogP contribution in [0, 0.1) is 0 Å². The number of rotatable bonds is 5. The van der Waals surface area contributed by atoms with Gasteiger partial charge in [-0.3, -0.25) is 4.79 Å². The fraction of sp³-hybridized carbons (Fsp3) is 0.150. The quantitative estimate of drug-likeness (QED) is 0.641. The van der Waals surface area contributed by atoms with Gasteiger partial charge < -0.3 is 14.8 Å². The molecule has 9 heteroatoms. The van der Waals surface area contributed by atoms with Crippen LogP contribution in [0.4, 0.5) is 18.9 Å². The molecule has 2 aromatic carbocycles. The van der Waals surface area contributed by atoms with E-state index in [1.807, 2.05) is 12.1 Å². The third-order valence-electron chi connectivity index (χ3n) is 3.82. The van der Waals surface area contributed by atoms with E-state index in [1.165, 1.54) is 25.1 Å². The highest BCUT2D eigenvalue weighted by Gasteiger charge is 2.31. The van der Waals surface area contributed by atoms with Crippen molar-refractivity contribution >= 4 is 28.5 Å². The minimum Gasteiger partial charge on any atom is -0.448 e. The van der Waals surface area contributed by atoms with Gasteiger partial charge in [0.1, 0.15) is 11.4 Å². The molecule has 6 nitrogen and oxygen atoms in total. The van der Waals surface area contributed by atoms with E-state index in [0.29, 0.717) is 5.52 Å². The van der Waals surface area contributed by atoms with Gasteiger partial charge >= 0.3 is 12.3 Å². The molecule has 0 aliphatic heterocycles. The molecule has 150 valence electrons. The number of nitrogens with zero attached hydrogens (tertiary/aromatic N) is 1. The maximum absolute atomic E-state index is 12.2. The minimum absolute atomic E-state index is 0.0528. The number of ether oxygens (including phenoxy) is 2. The molecule has 1 aromatic heterocycles. The van der Waals surface area contributed by atoms with Crippen molar-refractivity contribution in [2.24, 2.45) is 0 Å². The largest absolute Gasteiger partial charge is 0.573 e. The second kappa shape index (κ2) is 8.17. The van der Waals surface area contributed by atoms with Crippen molar-refractivity contribution in [1.82, 2.24) is 4.98 Å². The van der Waals surface area contributed by atoms with Crippen LogP contribution in [0.2, 0.25) is 0 Å². The first-order valence-corrected chi connectivity index (χ1v) is 8.45. The molecule has 0 bridgehead atoms. The number of nitrogens with one attached hydrogen (secondary N) is 1. The van der Waals surface area contributed by atoms with E-state index in [-0.39, 0.29) is 11.4 Å². The maximum atomic E-state index is 12.2. The molecule has 3 aromatic rings. The van der Waals surface area contributed by atoms with Crippen LogP contribution in [-0.2, 0) is 9.53 Å². The Morgan fingerprint density at radius 3 is 2.38 bits per heavy atom. The fourth-order valence-corrected chi connectivity index (χ4v) is 2.44. The molecule has 0 radical (unpaired) electrons. The highest BCUT2D eigenvalue weighted by molar-refractivity contribution is 5.97. The van der Waals surface area contributed by atoms with Crippen molar-refractivity contribution in [1.29, 1.82) is 0 Å². The topological polar surface area (TPSA) is 77.5 Å². The summed E-state index contributed by atoms with van der Waals surface area (Å²) in [6.07, 6.45) is -5.95. The van der Waals surface area contributed by atoms with E-state index in [1.54, 1.807) is 18.2 Å². The lowest BCUT2D eigenvalue weighted by Gasteiger charge is -2.14. The lowest BCUT2D eigenvalue weighted by molar-refractivity contribution is -0.274. The fourth-order valence-electron chi connectivity index (χ4n) is 2.44. The average molecular weight is 404 g/mol. The normalized spacial score (nSPS) is 12.3. The molecule has 1 N–H and O–H groups in total. The van der Waals surface area contributed by atoms with E-state index >= 15 is 0 Å². The van der Waals surface area contributed by atoms with Crippen LogP contribution in [0.5, 0.6) is 5.75 Å². The van der Waals surface area contributed by atoms with Crippen molar-refractivity contribution in [2.75, 3.05) is 5.32 Å². The van der Waals surface area contributed by atoms with E-state index in [0.717, 1.165) is 17.5 Å². The van der Waals surface area contributed by atoms with Gasteiger partial charge in [0.2, 0.25) is 0 Å². The van der Waals surface area contributed by atoms with E-state index < -0.39 is 30.1 Å². The number of fused-ring (bicyclic) bond motifs is 1. The van der Waals surface area contributed by atoms with Crippen LogP contribution in [0.3, 0.4) is 0 Å². The molecule has 1 amide bonds. The van der Waals surface area contributed by atoms with Crippen molar-refractivity contribution in [2.45, 2.75) is 19.4 Å². The molecule has 0 spiro atoms. The number of benzene rings is 2. The number of alkyl halides is 3. The summed E-state index contributed by atoms with van der Waals surface area (Å²) in [7, 11) is 0. The van der Waals surface area contributed by atoms with Gasteiger partial charge in [-0.1, -0.05) is 24.3 Å².